The molecule has 0 atom stereocenters. The smallest absolute Gasteiger partial charge is 0.300 e. The average molecular weight is 243 g/mol. The summed E-state index contributed by atoms with van der Waals surface area (Å²) in [7, 11) is 1.09. The second kappa shape index (κ2) is 5.16. The standard InChI is InChI=1S/C9H7F2N3O3/c1-17-8-5(2-3-12)13-4-6(14(15)16)7(8)9(10)11/h4,9H,2H2,1H3. The number of rotatable bonds is 4. The third-order valence-electron chi connectivity index (χ3n) is 1.99. The van der Waals surface area contributed by atoms with E-state index in [1.165, 1.54) is 0 Å². The van der Waals surface area contributed by atoms with E-state index in [1.807, 2.05) is 0 Å². The van der Waals surface area contributed by atoms with Gasteiger partial charge in [0.1, 0.15) is 11.8 Å². The molecule has 0 saturated carbocycles. The van der Waals surface area contributed by atoms with E-state index in [9.17, 15) is 18.9 Å². The molecule has 6 nitrogen and oxygen atoms in total. The molecule has 1 aromatic rings. The molecular formula is C9H7F2N3O3. The van der Waals surface area contributed by atoms with Crippen LogP contribution in [0.5, 0.6) is 5.75 Å². The van der Waals surface area contributed by atoms with E-state index in [0.717, 1.165) is 7.11 Å². The van der Waals surface area contributed by atoms with Crippen LogP contribution in [-0.4, -0.2) is 17.0 Å². The first-order valence-electron chi connectivity index (χ1n) is 4.38. The maximum atomic E-state index is 12.8. The second-order valence-corrected chi connectivity index (χ2v) is 2.93. The minimum Gasteiger partial charge on any atom is -0.494 e. The maximum absolute atomic E-state index is 12.8. The van der Waals surface area contributed by atoms with Gasteiger partial charge < -0.3 is 4.74 Å². The molecule has 0 N–H and O–H groups in total. The van der Waals surface area contributed by atoms with E-state index in [0.29, 0.717) is 6.20 Å². The summed E-state index contributed by atoms with van der Waals surface area (Å²) in [6.45, 7) is 0. The zero-order chi connectivity index (χ0) is 13.0. The van der Waals surface area contributed by atoms with E-state index >= 15 is 0 Å². The highest BCUT2D eigenvalue weighted by Crippen LogP contribution is 2.37. The van der Waals surface area contributed by atoms with Crippen LogP contribution in [-0.2, 0) is 6.42 Å². The fourth-order valence-electron chi connectivity index (χ4n) is 1.32. The van der Waals surface area contributed by atoms with Crippen LogP contribution < -0.4 is 4.74 Å². The zero-order valence-electron chi connectivity index (χ0n) is 8.68. The molecular weight excluding hydrogens is 236 g/mol. The highest BCUT2D eigenvalue weighted by molar-refractivity contribution is 5.51. The predicted octanol–water partition coefficient (Wildman–Crippen LogP) is 2.00. The largest absolute Gasteiger partial charge is 0.494 e. The normalized spacial score (nSPS) is 10.1. The Bertz CT molecular complexity index is 485. The third kappa shape index (κ3) is 2.44. The Labute approximate surface area is 94.6 Å². The van der Waals surface area contributed by atoms with Gasteiger partial charge in [-0.1, -0.05) is 0 Å². The number of hydrogen-bond donors (Lipinski definition) is 0. The van der Waals surface area contributed by atoms with E-state index in [-0.39, 0.29) is 12.1 Å². The van der Waals surface area contributed by atoms with Crippen molar-refractivity contribution in [3.63, 3.8) is 0 Å². The molecule has 0 unspecified atom stereocenters. The highest BCUT2D eigenvalue weighted by atomic mass is 19.3. The summed E-state index contributed by atoms with van der Waals surface area (Å²) in [5, 5.41) is 19.1. The van der Waals surface area contributed by atoms with Crippen molar-refractivity contribution in [2.75, 3.05) is 7.11 Å². The quantitative estimate of drug-likeness (QED) is 0.596. The Hall–Kier alpha value is -2.30. The average Bonchev–Trinajstić information content (AvgIpc) is 2.28. The maximum Gasteiger partial charge on any atom is 0.300 e. The van der Waals surface area contributed by atoms with Gasteiger partial charge in [0, 0.05) is 0 Å². The lowest BCUT2D eigenvalue weighted by Gasteiger charge is -2.10. The van der Waals surface area contributed by atoms with E-state index in [1.54, 1.807) is 6.07 Å². The number of methoxy groups -OCH3 is 1. The first-order chi connectivity index (χ1) is 8.02. The molecule has 8 heteroatoms. The third-order valence-corrected chi connectivity index (χ3v) is 1.99. The number of hydrogen-bond acceptors (Lipinski definition) is 5. The zero-order valence-corrected chi connectivity index (χ0v) is 8.68. The summed E-state index contributed by atoms with van der Waals surface area (Å²) in [4.78, 5) is 13.2. The van der Waals surface area contributed by atoms with Gasteiger partial charge in [-0.2, -0.15) is 5.26 Å². The number of nitrogens with zero attached hydrogens (tertiary/aromatic N) is 3. The molecule has 0 radical (unpaired) electrons. The fraction of sp³-hybridized carbons (Fsp3) is 0.333. The lowest BCUT2D eigenvalue weighted by atomic mass is 10.1. The van der Waals surface area contributed by atoms with Crippen molar-refractivity contribution in [1.82, 2.24) is 4.98 Å². The summed E-state index contributed by atoms with van der Waals surface area (Å²) >= 11 is 0. The summed E-state index contributed by atoms with van der Waals surface area (Å²) in [5.74, 6) is -0.407. The van der Waals surface area contributed by atoms with Crippen LogP contribution in [0.2, 0.25) is 0 Å². The van der Waals surface area contributed by atoms with Crippen LogP contribution in [0.25, 0.3) is 0 Å². The van der Waals surface area contributed by atoms with Gasteiger partial charge in [0.05, 0.1) is 30.2 Å². The van der Waals surface area contributed by atoms with E-state index in [2.05, 4.69) is 9.72 Å². The Kier molecular flexibility index (Phi) is 3.87. The SMILES string of the molecule is COc1c(CC#N)ncc([N+](=O)[O-])c1C(F)F. The van der Waals surface area contributed by atoms with E-state index in [4.69, 9.17) is 5.26 Å². The molecule has 0 aromatic carbocycles. The predicted molar refractivity (Wildman–Crippen MR) is 51.7 cm³/mol. The first kappa shape index (κ1) is 12.8. The summed E-state index contributed by atoms with van der Waals surface area (Å²) in [5.41, 5.74) is -1.72. The molecule has 1 heterocycles. The summed E-state index contributed by atoms with van der Waals surface area (Å²) in [6.07, 6.45) is -2.64. The topological polar surface area (TPSA) is 89.0 Å². The molecule has 1 rings (SSSR count). The van der Waals surface area contributed by atoms with Crippen LogP contribution in [0.3, 0.4) is 0 Å². The van der Waals surface area contributed by atoms with Crippen molar-refractivity contribution in [2.45, 2.75) is 12.8 Å². The molecule has 90 valence electrons. The van der Waals surface area contributed by atoms with Gasteiger partial charge in [-0.3, -0.25) is 10.1 Å². The number of alkyl halides is 2. The highest BCUT2D eigenvalue weighted by Gasteiger charge is 2.29. The number of pyridine rings is 1. The Morgan fingerprint density at radius 3 is 2.76 bits per heavy atom. The fourth-order valence-corrected chi connectivity index (χ4v) is 1.32. The lowest BCUT2D eigenvalue weighted by Crippen LogP contribution is -2.05. The van der Waals surface area contributed by atoms with Gasteiger partial charge in [0.15, 0.2) is 5.75 Å². The monoisotopic (exact) mass is 243 g/mol. The molecule has 0 amide bonds. The molecule has 0 aliphatic carbocycles. The van der Waals surface area contributed by atoms with Crippen molar-refractivity contribution in [3.05, 3.63) is 27.6 Å². The summed E-state index contributed by atoms with van der Waals surface area (Å²) < 4.78 is 30.2. The Balaban J connectivity index is 3.50. The van der Waals surface area contributed by atoms with Crippen LogP contribution in [0.4, 0.5) is 14.5 Å². The minimum absolute atomic E-state index is 0.0455. The summed E-state index contributed by atoms with van der Waals surface area (Å²) in [6, 6.07) is 1.72. The number of aromatic nitrogens is 1. The minimum atomic E-state index is -3.08. The molecule has 0 spiro atoms. The van der Waals surface area contributed by atoms with Gasteiger partial charge >= 0.3 is 0 Å². The van der Waals surface area contributed by atoms with Gasteiger partial charge in [-0.15, -0.1) is 0 Å². The van der Waals surface area contributed by atoms with Gasteiger partial charge in [-0.05, 0) is 0 Å². The number of nitro groups is 1. The Morgan fingerprint density at radius 2 is 2.35 bits per heavy atom. The van der Waals surface area contributed by atoms with Crippen molar-refractivity contribution in [2.24, 2.45) is 0 Å². The second-order valence-electron chi connectivity index (χ2n) is 2.93. The van der Waals surface area contributed by atoms with Crippen LogP contribution in [0.15, 0.2) is 6.20 Å². The van der Waals surface area contributed by atoms with Crippen molar-refractivity contribution < 1.29 is 18.4 Å². The molecule has 0 aliphatic rings. The van der Waals surface area contributed by atoms with Gasteiger partial charge in [0.2, 0.25) is 0 Å². The number of ether oxygens (including phenoxy) is 1. The van der Waals surface area contributed by atoms with Crippen molar-refractivity contribution in [3.8, 4) is 11.8 Å². The van der Waals surface area contributed by atoms with E-state index < -0.39 is 28.3 Å². The first-order valence-corrected chi connectivity index (χ1v) is 4.38. The lowest BCUT2D eigenvalue weighted by molar-refractivity contribution is -0.386. The van der Waals surface area contributed by atoms with Crippen LogP contribution in [0, 0.1) is 21.4 Å². The molecule has 0 saturated heterocycles. The molecule has 0 aliphatic heterocycles. The van der Waals surface area contributed by atoms with Crippen molar-refractivity contribution >= 4 is 5.69 Å². The van der Waals surface area contributed by atoms with Gasteiger partial charge in [0.25, 0.3) is 12.1 Å². The number of halogens is 2. The molecule has 0 bridgehead atoms. The Morgan fingerprint density at radius 1 is 1.71 bits per heavy atom. The number of nitriles is 1. The van der Waals surface area contributed by atoms with Gasteiger partial charge in [-0.25, -0.2) is 13.8 Å². The van der Waals surface area contributed by atoms with Crippen LogP contribution >= 0.6 is 0 Å². The van der Waals surface area contributed by atoms with Crippen molar-refractivity contribution in [1.29, 1.82) is 5.26 Å². The molecule has 1 aromatic heterocycles. The molecule has 17 heavy (non-hydrogen) atoms. The molecule has 0 fully saturated rings. The van der Waals surface area contributed by atoms with Crippen LogP contribution in [0.1, 0.15) is 17.7 Å².